The average molecular weight is 306 g/mol. The molecule has 1 aromatic heterocycles. The van der Waals surface area contributed by atoms with Crippen molar-refractivity contribution in [2.75, 3.05) is 5.43 Å². The molecule has 23 heavy (non-hydrogen) atoms. The van der Waals surface area contributed by atoms with Crippen LogP contribution < -0.4 is 5.43 Å². The van der Waals surface area contributed by atoms with E-state index in [-0.39, 0.29) is 5.56 Å². The van der Waals surface area contributed by atoms with E-state index >= 15 is 0 Å². The molecule has 0 unspecified atom stereocenters. The second kappa shape index (κ2) is 6.57. The lowest BCUT2D eigenvalue weighted by Gasteiger charge is -2.02. The number of hydrogen-bond donors (Lipinski definition) is 2. The van der Waals surface area contributed by atoms with Gasteiger partial charge in [-0.2, -0.15) is 5.10 Å². The molecule has 0 atom stereocenters. The summed E-state index contributed by atoms with van der Waals surface area (Å²) in [7, 11) is 0. The van der Waals surface area contributed by atoms with Gasteiger partial charge in [0.25, 0.3) is 0 Å². The van der Waals surface area contributed by atoms with E-state index < -0.39 is 5.97 Å². The van der Waals surface area contributed by atoms with Crippen LogP contribution in [-0.4, -0.2) is 26.8 Å². The Morgan fingerprint density at radius 2 is 1.87 bits per heavy atom. The third-order valence-corrected chi connectivity index (χ3v) is 3.23. The molecule has 3 rings (SSSR count). The molecule has 0 saturated heterocycles. The minimum absolute atomic E-state index is 0.245. The first-order valence-electron chi connectivity index (χ1n) is 6.93. The van der Waals surface area contributed by atoms with Crippen LogP contribution in [0.3, 0.4) is 0 Å². The van der Waals surface area contributed by atoms with Gasteiger partial charge in [-0.05, 0) is 42.0 Å². The number of hydrogen-bond acceptors (Lipinski definition) is 4. The highest BCUT2D eigenvalue weighted by Crippen LogP contribution is 2.10. The molecule has 0 radical (unpaired) electrons. The van der Waals surface area contributed by atoms with E-state index in [1.54, 1.807) is 30.9 Å². The van der Waals surface area contributed by atoms with Crippen LogP contribution in [-0.2, 0) is 0 Å². The van der Waals surface area contributed by atoms with Gasteiger partial charge in [-0.1, -0.05) is 12.1 Å². The van der Waals surface area contributed by atoms with Crippen molar-refractivity contribution in [2.24, 2.45) is 5.10 Å². The normalized spacial score (nSPS) is 10.8. The van der Waals surface area contributed by atoms with Crippen LogP contribution in [0.1, 0.15) is 15.9 Å². The summed E-state index contributed by atoms with van der Waals surface area (Å²) >= 11 is 0. The lowest BCUT2D eigenvalue weighted by molar-refractivity contribution is 0.0697. The summed E-state index contributed by atoms with van der Waals surface area (Å²) in [4.78, 5) is 14.8. The average Bonchev–Trinajstić information content (AvgIpc) is 3.10. The van der Waals surface area contributed by atoms with Crippen molar-refractivity contribution in [3.05, 3.63) is 78.4 Å². The molecule has 0 aliphatic carbocycles. The van der Waals surface area contributed by atoms with Crippen LogP contribution in [0.2, 0.25) is 0 Å². The maximum atomic E-state index is 10.8. The number of anilines is 1. The molecule has 3 aromatic rings. The van der Waals surface area contributed by atoms with E-state index in [2.05, 4.69) is 15.5 Å². The Balaban J connectivity index is 1.62. The van der Waals surface area contributed by atoms with Gasteiger partial charge in [0.05, 0.1) is 23.8 Å². The summed E-state index contributed by atoms with van der Waals surface area (Å²) < 4.78 is 1.92. The number of nitrogens with zero attached hydrogens (tertiary/aromatic N) is 3. The quantitative estimate of drug-likeness (QED) is 0.561. The number of nitrogens with one attached hydrogen (secondary N) is 1. The second-order valence-electron chi connectivity index (χ2n) is 4.81. The smallest absolute Gasteiger partial charge is 0.335 e. The second-order valence-corrected chi connectivity index (χ2v) is 4.81. The van der Waals surface area contributed by atoms with Gasteiger partial charge in [-0.15, -0.1) is 0 Å². The van der Waals surface area contributed by atoms with E-state index in [4.69, 9.17) is 5.11 Å². The van der Waals surface area contributed by atoms with Gasteiger partial charge in [0, 0.05) is 18.1 Å². The summed E-state index contributed by atoms with van der Waals surface area (Å²) in [5.41, 5.74) is 5.80. The topological polar surface area (TPSA) is 79.5 Å². The number of hydrazone groups is 1. The van der Waals surface area contributed by atoms with E-state index in [1.165, 1.54) is 12.1 Å². The Morgan fingerprint density at radius 3 is 2.48 bits per heavy atom. The molecule has 0 aliphatic heterocycles. The number of rotatable bonds is 5. The summed E-state index contributed by atoms with van der Waals surface area (Å²) in [6.07, 6.45) is 7.05. The number of carboxylic acids is 1. The SMILES string of the molecule is O=C(O)c1ccc(N/N=C/c2ccc(-n3ccnc3)cc2)cc1. The van der Waals surface area contributed by atoms with Gasteiger partial charge in [0.1, 0.15) is 0 Å². The Labute approximate surface area is 132 Å². The van der Waals surface area contributed by atoms with Crippen LogP contribution in [0.4, 0.5) is 5.69 Å². The highest BCUT2D eigenvalue weighted by Gasteiger charge is 2.00. The fraction of sp³-hybridized carbons (Fsp3) is 0. The molecule has 0 saturated carbocycles. The van der Waals surface area contributed by atoms with E-state index in [1.807, 2.05) is 35.0 Å². The Bertz CT molecular complexity index is 807. The largest absolute Gasteiger partial charge is 0.478 e. The Morgan fingerprint density at radius 1 is 1.13 bits per heavy atom. The standard InChI is InChI=1S/C17H14N4O2/c22-17(23)14-3-5-15(6-4-14)20-19-11-13-1-7-16(8-2-13)21-10-9-18-12-21/h1-12,20H,(H,22,23)/b19-11+. The third-order valence-electron chi connectivity index (χ3n) is 3.23. The molecule has 6 heteroatoms. The Kier molecular flexibility index (Phi) is 4.15. The predicted octanol–water partition coefficient (Wildman–Crippen LogP) is 3.02. The molecular weight excluding hydrogens is 292 g/mol. The van der Waals surface area contributed by atoms with Crippen LogP contribution in [0, 0.1) is 0 Å². The molecule has 2 N–H and O–H groups in total. The first-order chi connectivity index (χ1) is 11.2. The van der Waals surface area contributed by atoms with Gasteiger partial charge in [-0.25, -0.2) is 9.78 Å². The number of carboxylic acid groups (broad SMARTS) is 1. The van der Waals surface area contributed by atoms with Gasteiger partial charge in [0.2, 0.25) is 0 Å². The minimum atomic E-state index is -0.946. The lowest BCUT2D eigenvalue weighted by atomic mass is 10.2. The molecular formula is C17H14N4O2. The van der Waals surface area contributed by atoms with Crippen molar-refractivity contribution in [3.63, 3.8) is 0 Å². The van der Waals surface area contributed by atoms with Crippen molar-refractivity contribution in [1.82, 2.24) is 9.55 Å². The molecule has 0 fully saturated rings. The first-order valence-corrected chi connectivity index (χ1v) is 6.93. The van der Waals surface area contributed by atoms with Crippen LogP contribution in [0.5, 0.6) is 0 Å². The van der Waals surface area contributed by atoms with Gasteiger partial charge >= 0.3 is 5.97 Å². The van der Waals surface area contributed by atoms with Crippen molar-refractivity contribution < 1.29 is 9.90 Å². The Hall–Kier alpha value is -3.41. The fourth-order valence-electron chi connectivity index (χ4n) is 2.01. The van der Waals surface area contributed by atoms with E-state index in [0.29, 0.717) is 0 Å². The zero-order valence-electron chi connectivity index (χ0n) is 12.1. The van der Waals surface area contributed by atoms with E-state index in [9.17, 15) is 4.79 Å². The number of benzene rings is 2. The molecule has 2 aromatic carbocycles. The molecule has 1 heterocycles. The van der Waals surface area contributed by atoms with Crippen molar-refractivity contribution in [2.45, 2.75) is 0 Å². The summed E-state index contributed by atoms with van der Waals surface area (Å²) in [6.45, 7) is 0. The highest BCUT2D eigenvalue weighted by atomic mass is 16.4. The van der Waals surface area contributed by atoms with Crippen LogP contribution in [0.25, 0.3) is 5.69 Å². The summed E-state index contributed by atoms with van der Waals surface area (Å²) in [5.74, 6) is -0.946. The van der Waals surface area contributed by atoms with Crippen LogP contribution in [0.15, 0.2) is 72.4 Å². The predicted molar refractivity (Wildman–Crippen MR) is 88.2 cm³/mol. The maximum absolute atomic E-state index is 10.8. The maximum Gasteiger partial charge on any atom is 0.335 e. The molecule has 0 spiro atoms. The molecule has 0 bridgehead atoms. The van der Waals surface area contributed by atoms with Gasteiger partial charge in [-0.3, -0.25) is 5.43 Å². The van der Waals surface area contributed by atoms with Gasteiger partial charge < -0.3 is 9.67 Å². The molecule has 0 aliphatic rings. The minimum Gasteiger partial charge on any atom is -0.478 e. The first kappa shape index (κ1) is 14.5. The van der Waals surface area contributed by atoms with Crippen molar-refractivity contribution >= 4 is 17.9 Å². The molecule has 114 valence electrons. The monoisotopic (exact) mass is 306 g/mol. The van der Waals surface area contributed by atoms with Crippen molar-refractivity contribution in [3.8, 4) is 5.69 Å². The molecule has 6 nitrogen and oxygen atoms in total. The number of carbonyl (C=O) groups is 1. The zero-order chi connectivity index (χ0) is 16.1. The van der Waals surface area contributed by atoms with Crippen molar-refractivity contribution in [1.29, 1.82) is 0 Å². The van der Waals surface area contributed by atoms with Crippen LogP contribution >= 0.6 is 0 Å². The third kappa shape index (κ3) is 3.62. The summed E-state index contributed by atoms with van der Waals surface area (Å²) in [6, 6.07) is 14.3. The lowest BCUT2D eigenvalue weighted by Crippen LogP contribution is -1.96. The van der Waals surface area contributed by atoms with Gasteiger partial charge in [0.15, 0.2) is 0 Å². The fourth-order valence-corrected chi connectivity index (χ4v) is 2.01. The van der Waals surface area contributed by atoms with E-state index in [0.717, 1.165) is 16.9 Å². The summed E-state index contributed by atoms with van der Waals surface area (Å²) in [5, 5.41) is 13.0. The molecule has 0 amide bonds. The number of imidazole rings is 1. The zero-order valence-corrected chi connectivity index (χ0v) is 12.1. The number of aromatic carboxylic acids is 1. The number of aromatic nitrogens is 2. The highest BCUT2D eigenvalue weighted by molar-refractivity contribution is 5.88.